The van der Waals surface area contributed by atoms with Crippen LogP contribution in [-0.4, -0.2) is 21.6 Å². The van der Waals surface area contributed by atoms with Gasteiger partial charge in [-0.1, -0.05) is 11.6 Å². The highest BCUT2D eigenvalue weighted by atomic mass is 35.5. The Balaban J connectivity index is 3.02. The third-order valence-electron chi connectivity index (χ3n) is 1.26. The Bertz CT molecular complexity index is 292. The minimum Gasteiger partial charge on any atom is -0.385 e. The molecule has 1 aromatic heterocycles. The number of nitrogens with one attached hydrogen (secondary N) is 2. The molecule has 1 atom stereocenters. The highest BCUT2D eigenvalue weighted by Crippen LogP contribution is 2.14. The van der Waals surface area contributed by atoms with Crippen LogP contribution in [0.1, 0.15) is 11.8 Å². The van der Waals surface area contributed by atoms with E-state index in [0.29, 0.717) is 0 Å². The molecule has 62 valence electrons. The number of rotatable bonds is 2. The van der Waals surface area contributed by atoms with Gasteiger partial charge in [-0.05, 0) is 0 Å². The second kappa shape index (κ2) is 3.08. The number of aromatic nitrogens is 2. The van der Waals surface area contributed by atoms with Gasteiger partial charge in [0, 0.05) is 6.54 Å². The zero-order chi connectivity index (χ0) is 8.43. The fourth-order valence-electron chi connectivity index (χ4n) is 0.723. The number of aromatic amines is 2. The topological polar surface area (TPSA) is 94.9 Å². The molecule has 5 nitrogen and oxygen atoms in total. The van der Waals surface area contributed by atoms with Gasteiger partial charge in [0.2, 0.25) is 0 Å². The number of H-pyrrole nitrogens is 2. The van der Waals surface area contributed by atoms with Gasteiger partial charge >= 0.3 is 5.69 Å². The van der Waals surface area contributed by atoms with Crippen molar-refractivity contribution >= 4 is 11.6 Å². The van der Waals surface area contributed by atoms with Crippen molar-refractivity contribution in [3.05, 3.63) is 21.3 Å². The van der Waals surface area contributed by atoms with E-state index < -0.39 is 11.8 Å². The summed E-state index contributed by atoms with van der Waals surface area (Å²) in [4.78, 5) is 15.2. The van der Waals surface area contributed by atoms with E-state index in [0.717, 1.165) is 0 Å². The minimum atomic E-state index is -0.915. The van der Waals surface area contributed by atoms with Crippen molar-refractivity contribution in [1.82, 2.24) is 9.97 Å². The third kappa shape index (κ3) is 1.62. The Labute approximate surface area is 67.2 Å². The highest BCUT2D eigenvalue weighted by Gasteiger charge is 2.12. The molecule has 0 spiro atoms. The molecule has 11 heavy (non-hydrogen) atoms. The first-order valence-electron chi connectivity index (χ1n) is 3.01. The first-order valence-corrected chi connectivity index (χ1v) is 3.38. The monoisotopic (exact) mass is 177 g/mol. The quantitative estimate of drug-likeness (QED) is 0.484. The van der Waals surface area contributed by atoms with Gasteiger partial charge < -0.3 is 15.8 Å². The second-order valence-corrected chi connectivity index (χ2v) is 2.44. The summed E-state index contributed by atoms with van der Waals surface area (Å²) in [7, 11) is 0. The highest BCUT2D eigenvalue weighted by molar-refractivity contribution is 6.30. The van der Waals surface area contributed by atoms with E-state index in [1.807, 2.05) is 0 Å². The van der Waals surface area contributed by atoms with Crippen molar-refractivity contribution in [2.75, 3.05) is 6.54 Å². The van der Waals surface area contributed by atoms with E-state index in [9.17, 15) is 4.79 Å². The maximum absolute atomic E-state index is 10.6. The van der Waals surface area contributed by atoms with Crippen molar-refractivity contribution in [2.24, 2.45) is 5.73 Å². The predicted octanol–water partition coefficient (Wildman–Crippen LogP) is -0.652. The molecule has 1 heterocycles. The van der Waals surface area contributed by atoms with Crippen molar-refractivity contribution in [3.8, 4) is 0 Å². The summed E-state index contributed by atoms with van der Waals surface area (Å²) in [5, 5.41) is 9.23. The zero-order valence-corrected chi connectivity index (χ0v) is 6.35. The summed E-state index contributed by atoms with van der Waals surface area (Å²) in [5.41, 5.74) is 4.93. The van der Waals surface area contributed by atoms with E-state index in [-0.39, 0.29) is 17.4 Å². The molecule has 0 fully saturated rings. The van der Waals surface area contributed by atoms with E-state index in [1.54, 1.807) is 0 Å². The Morgan fingerprint density at radius 3 is 2.64 bits per heavy atom. The van der Waals surface area contributed by atoms with E-state index >= 15 is 0 Å². The Hall–Kier alpha value is -0.780. The van der Waals surface area contributed by atoms with Crippen molar-refractivity contribution in [1.29, 1.82) is 0 Å². The molecule has 1 unspecified atom stereocenters. The van der Waals surface area contributed by atoms with Gasteiger partial charge in [0.15, 0.2) is 0 Å². The lowest BCUT2D eigenvalue weighted by Gasteiger charge is -2.03. The molecule has 0 aliphatic rings. The van der Waals surface area contributed by atoms with Crippen molar-refractivity contribution in [3.63, 3.8) is 0 Å². The molecule has 1 rings (SSSR count). The summed E-state index contributed by atoms with van der Waals surface area (Å²) < 4.78 is 0. The smallest absolute Gasteiger partial charge is 0.324 e. The van der Waals surface area contributed by atoms with Gasteiger partial charge in [-0.3, -0.25) is 4.98 Å². The van der Waals surface area contributed by atoms with Gasteiger partial charge in [0.05, 0.1) is 5.69 Å². The first-order chi connectivity index (χ1) is 5.15. The van der Waals surface area contributed by atoms with E-state index in [2.05, 4.69) is 9.97 Å². The van der Waals surface area contributed by atoms with Crippen LogP contribution >= 0.6 is 11.6 Å². The van der Waals surface area contributed by atoms with E-state index in [4.69, 9.17) is 22.4 Å². The normalized spacial score (nSPS) is 13.4. The standard InChI is InChI=1S/C5H8ClN3O2/c6-4-3(2(10)1-7)8-5(11)9-4/h2,10H,1,7H2,(H2,8,9,11). The average Bonchev–Trinajstić information content (AvgIpc) is 2.28. The molecule has 0 bridgehead atoms. The summed E-state index contributed by atoms with van der Waals surface area (Å²) in [6.45, 7) is 0.0213. The van der Waals surface area contributed by atoms with Crippen LogP contribution in [0.5, 0.6) is 0 Å². The molecule has 5 N–H and O–H groups in total. The Kier molecular flexibility index (Phi) is 2.33. The fraction of sp³-hybridized carbons (Fsp3) is 0.400. The van der Waals surface area contributed by atoms with Gasteiger partial charge in [-0.25, -0.2) is 4.79 Å². The molecular formula is C5H8ClN3O2. The molecule has 0 aliphatic heterocycles. The summed E-state index contributed by atoms with van der Waals surface area (Å²) in [5.74, 6) is 0. The predicted molar refractivity (Wildman–Crippen MR) is 40.4 cm³/mol. The molecule has 0 saturated heterocycles. The van der Waals surface area contributed by atoms with Crippen molar-refractivity contribution in [2.45, 2.75) is 6.10 Å². The molecular weight excluding hydrogens is 170 g/mol. The molecule has 0 radical (unpaired) electrons. The lowest BCUT2D eigenvalue weighted by molar-refractivity contribution is 0.182. The van der Waals surface area contributed by atoms with Gasteiger partial charge in [-0.2, -0.15) is 0 Å². The minimum absolute atomic E-state index is 0.0213. The van der Waals surface area contributed by atoms with Crippen LogP contribution in [-0.2, 0) is 0 Å². The number of hydrogen-bond donors (Lipinski definition) is 4. The lowest BCUT2D eigenvalue weighted by atomic mass is 10.3. The SMILES string of the molecule is NCC(O)c1[nH]c(=O)[nH]c1Cl. The third-order valence-corrected chi connectivity index (χ3v) is 1.56. The number of halogens is 1. The Morgan fingerprint density at radius 1 is 1.64 bits per heavy atom. The first kappa shape index (κ1) is 8.32. The van der Waals surface area contributed by atoms with E-state index in [1.165, 1.54) is 0 Å². The number of hydrogen-bond acceptors (Lipinski definition) is 3. The lowest BCUT2D eigenvalue weighted by Crippen LogP contribution is -2.13. The van der Waals surface area contributed by atoms with Crippen LogP contribution in [0.3, 0.4) is 0 Å². The van der Waals surface area contributed by atoms with Crippen LogP contribution in [0.15, 0.2) is 4.79 Å². The number of imidazole rings is 1. The summed E-state index contributed by atoms with van der Waals surface area (Å²) in [6, 6.07) is 0. The van der Waals surface area contributed by atoms with Crippen LogP contribution in [0.4, 0.5) is 0 Å². The second-order valence-electron chi connectivity index (χ2n) is 2.06. The summed E-state index contributed by atoms with van der Waals surface area (Å²) >= 11 is 5.52. The number of nitrogens with two attached hydrogens (primary N) is 1. The number of aliphatic hydroxyl groups excluding tert-OH is 1. The number of aliphatic hydroxyl groups is 1. The fourth-order valence-corrected chi connectivity index (χ4v) is 0.982. The van der Waals surface area contributed by atoms with Crippen LogP contribution < -0.4 is 11.4 Å². The van der Waals surface area contributed by atoms with Gasteiger partial charge in [0.1, 0.15) is 11.3 Å². The maximum atomic E-state index is 10.6. The Morgan fingerprint density at radius 2 is 2.27 bits per heavy atom. The molecule has 6 heteroatoms. The van der Waals surface area contributed by atoms with Gasteiger partial charge in [0.25, 0.3) is 0 Å². The van der Waals surface area contributed by atoms with Crippen LogP contribution in [0, 0.1) is 0 Å². The van der Waals surface area contributed by atoms with Crippen LogP contribution in [0.2, 0.25) is 5.15 Å². The maximum Gasteiger partial charge on any atom is 0.324 e. The average molecular weight is 178 g/mol. The summed E-state index contributed by atoms with van der Waals surface area (Å²) in [6.07, 6.45) is -0.915. The molecule has 0 saturated carbocycles. The largest absolute Gasteiger partial charge is 0.385 e. The molecule has 0 aromatic carbocycles. The molecule has 0 aliphatic carbocycles. The van der Waals surface area contributed by atoms with Crippen molar-refractivity contribution < 1.29 is 5.11 Å². The molecule has 1 aromatic rings. The van der Waals surface area contributed by atoms with Gasteiger partial charge in [-0.15, -0.1) is 0 Å². The molecule has 0 amide bonds. The zero-order valence-electron chi connectivity index (χ0n) is 5.60. The van der Waals surface area contributed by atoms with Crippen LogP contribution in [0.25, 0.3) is 0 Å².